The van der Waals surface area contributed by atoms with Crippen molar-refractivity contribution in [3.8, 4) is 0 Å². The summed E-state index contributed by atoms with van der Waals surface area (Å²) in [7, 11) is -7.60. The molecule has 0 radical (unpaired) electrons. The van der Waals surface area contributed by atoms with Crippen molar-refractivity contribution in [2.45, 2.75) is 107 Å². The van der Waals surface area contributed by atoms with Crippen LogP contribution in [0.4, 0.5) is 16.4 Å². The SMILES string of the molecule is CC(C)(C)OC(=O)N[C@@H](CSSC(C)(C)C)C(=O)O[C@H]1[C@@H](O)[C@H](n2cnc3c(N)ncnc32)O[C@@H]1COP(=O)(O)O[C@H]1C[C@H](n2ccc(N)nc2=O)O[C@@H]1COP(=O)(O)O. The zero-order chi connectivity index (χ0) is 44.4. The average molecular weight is 928 g/mol. The Labute approximate surface area is 349 Å². The van der Waals surface area contributed by atoms with Gasteiger partial charge in [0.25, 0.3) is 0 Å². The van der Waals surface area contributed by atoms with E-state index in [2.05, 4.69) is 29.8 Å². The Kier molecular flexibility index (Phi) is 15.0. The molecule has 5 rings (SSSR count). The van der Waals surface area contributed by atoms with E-state index in [1.807, 2.05) is 20.8 Å². The third-order valence-corrected chi connectivity index (χ3v) is 13.0. The summed E-state index contributed by atoms with van der Waals surface area (Å²) in [4.78, 5) is 84.6. The van der Waals surface area contributed by atoms with Crippen LogP contribution in [0.15, 0.2) is 29.7 Å². The van der Waals surface area contributed by atoms with Crippen molar-refractivity contribution in [1.82, 2.24) is 34.4 Å². The van der Waals surface area contributed by atoms with E-state index < -0.39 is 101 Å². The molecule has 2 fully saturated rings. The van der Waals surface area contributed by atoms with Gasteiger partial charge in [-0.2, -0.15) is 4.98 Å². The first-order valence-electron chi connectivity index (χ1n) is 17.9. The number of alkyl carbamates (subject to hydrolysis) is 1. The molecule has 25 nitrogen and oxygen atoms in total. The topological polar surface area (TPSA) is 356 Å². The molecule has 334 valence electrons. The van der Waals surface area contributed by atoms with E-state index in [0.29, 0.717) is 0 Å². The number of nitrogens with one attached hydrogen (secondary N) is 1. The number of aromatic nitrogens is 6. The number of carbonyl (C=O) groups excluding carboxylic acids is 2. The first kappa shape index (κ1) is 47.6. The molecule has 2 aliphatic rings. The summed E-state index contributed by atoms with van der Waals surface area (Å²) in [6.07, 6.45) is -8.10. The lowest BCUT2D eigenvalue weighted by Gasteiger charge is -2.26. The maximum atomic E-state index is 13.9. The van der Waals surface area contributed by atoms with Crippen LogP contribution in [0.25, 0.3) is 11.2 Å². The van der Waals surface area contributed by atoms with Crippen molar-refractivity contribution in [2.24, 2.45) is 0 Å². The highest BCUT2D eigenvalue weighted by Crippen LogP contribution is 2.50. The van der Waals surface area contributed by atoms with Gasteiger partial charge in [-0.1, -0.05) is 42.4 Å². The number of phosphoric acid groups is 2. The number of hydrogen-bond donors (Lipinski definition) is 7. The Morgan fingerprint density at radius 2 is 1.73 bits per heavy atom. The third-order valence-electron chi connectivity index (χ3n) is 8.16. The summed E-state index contributed by atoms with van der Waals surface area (Å²) < 4.78 is 65.2. The van der Waals surface area contributed by atoms with E-state index in [1.165, 1.54) is 44.7 Å². The van der Waals surface area contributed by atoms with E-state index in [4.69, 9.17) is 39.5 Å². The van der Waals surface area contributed by atoms with Crippen molar-refractivity contribution in [1.29, 1.82) is 0 Å². The zero-order valence-electron chi connectivity index (χ0n) is 33.0. The predicted molar refractivity (Wildman–Crippen MR) is 213 cm³/mol. The summed E-state index contributed by atoms with van der Waals surface area (Å²) in [5.74, 6) is -1.13. The number of aliphatic hydroxyl groups excluding tert-OH is 1. The third kappa shape index (κ3) is 13.0. The monoisotopic (exact) mass is 927 g/mol. The van der Waals surface area contributed by atoms with Gasteiger partial charge in [0.05, 0.1) is 19.5 Å². The number of nitrogens with zero attached hydrogens (tertiary/aromatic N) is 6. The number of nitrogens with two attached hydrogens (primary N) is 2. The van der Waals surface area contributed by atoms with Gasteiger partial charge in [-0.05, 0) is 26.8 Å². The number of imidazole rings is 1. The molecule has 60 heavy (non-hydrogen) atoms. The second-order valence-corrected chi connectivity index (χ2v) is 21.1. The fraction of sp³-hybridized carbons (Fsp3) is 0.645. The van der Waals surface area contributed by atoms with Gasteiger partial charge < -0.3 is 55.5 Å². The standard InChI is InChI=1S/C31H47N9O16P2S2/c1-30(2,3)55-29(44)37-15(12-59-60-31(4,5)6)27(42)54-23-18(53-26(22(23)41)40-14-36-21-24(33)34-13-35-25(21)40)11-51-58(48,49)56-16-9-20(39-8-7-19(32)38-28(39)43)52-17(16)10-50-57(45,46)47/h7-8,13-18,20,22-23,26,41H,9-12H2,1-6H3,(H,37,44)(H,48,49)(H2,32,38,43)(H2,33,34,35)(H2,45,46,47)/t15-,16-,17+,18+,20+,22+,23+,26+/m0/s1. The van der Waals surface area contributed by atoms with Crippen LogP contribution < -0.4 is 22.5 Å². The highest BCUT2D eigenvalue weighted by molar-refractivity contribution is 8.77. The number of amides is 1. The quantitative estimate of drug-likeness (QED) is 0.0606. The van der Waals surface area contributed by atoms with Crippen LogP contribution in [0.2, 0.25) is 0 Å². The van der Waals surface area contributed by atoms with E-state index in [-0.39, 0.29) is 39.7 Å². The molecule has 1 unspecified atom stereocenters. The summed E-state index contributed by atoms with van der Waals surface area (Å²) in [6, 6.07) is -0.0477. The lowest BCUT2D eigenvalue weighted by molar-refractivity contribution is -0.158. The van der Waals surface area contributed by atoms with E-state index >= 15 is 0 Å². The van der Waals surface area contributed by atoms with Gasteiger partial charge in [0.15, 0.2) is 23.8 Å². The molecule has 1 amide bonds. The number of fused-ring (bicyclic) bond motifs is 1. The van der Waals surface area contributed by atoms with Gasteiger partial charge >= 0.3 is 33.4 Å². The number of carbonyl (C=O) groups is 2. The molecule has 0 aliphatic carbocycles. The number of hydrogen-bond acceptors (Lipinski definition) is 21. The first-order valence-corrected chi connectivity index (χ1v) is 23.3. The molecular weight excluding hydrogens is 880 g/mol. The lowest BCUT2D eigenvalue weighted by atomic mass is 10.1. The van der Waals surface area contributed by atoms with Crippen LogP contribution in [-0.4, -0.2) is 127 Å². The second kappa shape index (κ2) is 18.9. The number of nitrogen functional groups attached to an aromatic ring is 2. The second-order valence-electron chi connectivity index (χ2n) is 15.3. The molecule has 0 aromatic carbocycles. The Hall–Kier alpha value is -3.43. The Morgan fingerprint density at radius 3 is 2.38 bits per heavy atom. The molecule has 0 saturated carbocycles. The van der Waals surface area contributed by atoms with Crippen LogP contribution in [0.1, 0.15) is 60.4 Å². The number of aliphatic hydroxyl groups is 1. The van der Waals surface area contributed by atoms with E-state index in [1.54, 1.807) is 20.8 Å². The number of esters is 1. The zero-order valence-corrected chi connectivity index (χ0v) is 36.4. The predicted octanol–water partition coefficient (Wildman–Crippen LogP) is 1.39. The molecule has 2 saturated heterocycles. The minimum absolute atomic E-state index is 0.00772. The fourth-order valence-electron chi connectivity index (χ4n) is 5.72. The van der Waals surface area contributed by atoms with Crippen LogP contribution in [0, 0.1) is 0 Å². The summed E-state index contributed by atoms with van der Waals surface area (Å²) in [5.41, 5.74) is 10.0. The fourth-order valence-corrected chi connectivity index (χ4v) is 9.47. The Balaban J connectivity index is 1.38. The summed E-state index contributed by atoms with van der Waals surface area (Å²) in [5, 5.41) is 14.2. The number of ether oxygens (including phenoxy) is 4. The largest absolute Gasteiger partial charge is 0.472 e. The molecule has 3 aromatic heterocycles. The minimum Gasteiger partial charge on any atom is -0.455 e. The number of phosphoric ester groups is 2. The molecule has 9 atom stereocenters. The highest BCUT2D eigenvalue weighted by Gasteiger charge is 2.50. The Morgan fingerprint density at radius 1 is 1.03 bits per heavy atom. The molecular formula is C31H47N9O16P2S2. The van der Waals surface area contributed by atoms with E-state index in [0.717, 1.165) is 10.9 Å². The molecule has 2 aliphatic heterocycles. The summed E-state index contributed by atoms with van der Waals surface area (Å²) >= 11 is 0. The maximum Gasteiger partial charge on any atom is 0.472 e. The number of anilines is 2. The first-order chi connectivity index (χ1) is 27.8. The Bertz CT molecular complexity index is 2170. The maximum absolute atomic E-state index is 13.9. The van der Waals surface area contributed by atoms with Crippen LogP contribution in [0.3, 0.4) is 0 Å². The van der Waals surface area contributed by atoms with Gasteiger partial charge in [0.2, 0.25) is 0 Å². The van der Waals surface area contributed by atoms with Gasteiger partial charge in [-0.25, -0.2) is 38.5 Å². The summed E-state index contributed by atoms with van der Waals surface area (Å²) in [6.45, 7) is 9.02. The van der Waals surface area contributed by atoms with Crippen molar-refractivity contribution >= 4 is 72.1 Å². The van der Waals surface area contributed by atoms with Gasteiger partial charge in [-0.15, -0.1) is 0 Å². The van der Waals surface area contributed by atoms with E-state index in [9.17, 15) is 43.3 Å². The van der Waals surface area contributed by atoms with Crippen molar-refractivity contribution in [3.63, 3.8) is 0 Å². The lowest BCUT2D eigenvalue weighted by Crippen LogP contribution is -2.48. The van der Waals surface area contributed by atoms with Gasteiger partial charge in [0, 0.05) is 23.1 Å². The molecule has 3 aromatic rings. The molecule has 9 N–H and O–H groups in total. The van der Waals surface area contributed by atoms with Crippen molar-refractivity contribution < 1.29 is 71.0 Å². The molecule has 5 heterocycles. The van der Waals surface area contributed by atoms with Crippen LogP contribution in [0.5, 0.6) is 0 Å². The van der Waals surface area contributed by atoms with Crippen molar-refractivity contribution in [3.05, 3.63) is 35.4 Å². The van der Waals surface area contributed by atoms with Crippen LogP contribution >= 0.6 is 37.2 Å². The minimum atomic E-state index is -5.22. The highest BCUT2D eigenvalue weighted by atomic mass is 33.1. The van der Waals surface area contributed by atoms with Gasteiger partial charge in [-0.3, -0.25) is 22.7 Å². The normalized spacial score (nSPS) is 25.2. The molecule has 0 bridgehead atoms. The smallest absolute Gasteiger partial charge is 0.455 e. The molecule has 29 heteroatoms. The molecule has 0 spiro atoms. The van der Waals surface area contributed by atoms with Crippen LogP contribution in [-0.2, 0) is 46.4 Å². The van der Waals surface area contributed by atoms with Crippen molar-refractivity contribution in [2.75, 3.05) is 30.4 Å². The average Bonchev–Trinajstić information content (AvgIpc) is 3.80. The number of rotatable bonds is 16. The van der Waals surface area contributed by atoms with Gasteiger partial charge in [0.1, 0.15) is 59.9 Å².